The Morgan fingerprint density at radius 1 is 1.30 bits per heavy atom. The van der Waals surface area contributed by atoms with E-state index in [1.165, 1.54) is 4.88 Å². The SMILES string of the molecule is CC1(C)NCc2sc(NCc3ccc4c(c3)C(=O)N(C3CCC(=O)NC3=O)C4)nc21. The minimum Gasteiger partial charge on any atom is -0.357 e. The highest BCUT2D eigenvalue weighted by Crippen LogP contribution is 2.36. The molecule has 0 aliphatic carbocycles. The fourth-order valence-corrected chi connectivity index (χ4v) is 5.37. The number of hydrogen-bond donors (Lipinski definition) is 3. The zero-order valence-electron chi connectivity index (χ0n) is 16.9. The monoisotopic (exact) mass is 425 g/mol. The molecule has 0 saturated carbocycles. The van der Waals surface area contributed by atoms with Gasteiger partial charge in [-0.15, -0.1) is 11.3 Å². The number of hydrogen-bond acceptors (Lipinski definition) is 7. The molecule has 8 nitrogen and oxygen atoms in total. The Balaban J connectivity index is 1.28. The molecule has 1 saturated heterocycles. The Morgan fingerprint density at radius 2 is 2.13 bits per heavy atom. The van der Waals surface area contributed by atoms with Gasteiger partial charge in [0.05, 0.1) is 11.2 Å². The number of anilines is 1. The van der Waals surface area contributed by atoms with Crippen molar-refractivity contribution >= 4 is 34.2 Å². The van der Waals surface area contributed by atoms with Crippen LogP contribution in [0.15, 0.2) is 18.2 Å². The normalized spacial score (nSPS) is 22.1. The third kappa shape index (κ3) is 3.18. The smallest absolute Gasteiger partial charge is 0.255 e. The number of nitrogens with zero attached hydrogens (tertiary/aromatic N) is 2. The third-order valence-corrected chi connectivity index (χ3v) is 7.03. The molecule has 0 bridgehead atoms. The van der Waals surface area contributed by atoms with Crippen LogP contribution in [0.2, 0.25) is 0 Å². The van der Waals surface area contributed by atoms with Gasteiger partial charge in [-0.1, -0.05) is 12.1 Å². The van der Waals surface area contributed by atoms with Gasteiger partial charge in [0, 0.05) is 36.5 Å². The number of nitrogens with one attached hydrogen (secondary N) is 3. The molecule has 3 aliphatic rings. The van der Waals surface area contributed by atoms with Gasteiger partial charge in [0.15, 0.2) is 5.13 Å². The van der Waals surface area contributed by atoms with Crippen molar-refractivity contribution in [3.63, 3.8) is 0 Å². The van der Waals surface area contributed by atoms with Crippen molar-refractivity contribution in [1.82, 2.24) is 20.5 Å². The van der Waals surface area contributed by atoms with Crippen LogP contribution in [-0.2, 0) is 34.8 Å². The van der Waals surface area contributed by atoms with Crippen molar-refractivity contribution in [2.75, 3.05) is 5.32 Å². The Kier molecular flexibility index (Phi) is 4.41. The zero-order chi connectivity index (χ0) is 21.0. The number of benzene rings is 1. The molecule has 4 heterocycles. The molecule has 1 aromatic carbocycles. The van der Waals surface area contributed by atoms with Gasteiger partial charge in [-0.2, -0.15) is 0 Å². The fourth-order valence-electron chi connectivity index (χ4n) is 4.31. The van der Waals surface area contributed by atoms with Gasteiger partial charge in [-0.3, -0.25) is 19.7 Å². The summed E-state index contributed by atoms with van der Waals surface area (Å²) in [5.41, 5.74) is 3.52. The quantitative estimate of drug-likeness (QED) is 0.646. The molecule has 9 heteroatoms. The third-order valence-electron chi connectivity index (χ3n) is 6.02. The van der Waals surface area contributed by atoms with Crippen molar-refractivity contribution in [3.05, 3.63) is 45.5 Å². The molecule has 3 N–H and O–H groups in total. The Hall–Kier alpha value is -2.78. The zero-order valence-corrected chi connectivity index (χ0v) is 17.7. The van der Waals surface area contributed by atoms with Crippen molar-refractivity contribution < 1.29 is 14.4 Å². The van der Waals surface area contributed by atoms with E-state index in [4.69, 9.17) is 4.98 Å². The molecule has 3 amide bonds. The molecular weight excluding hydrogens is 402 g/mol. The lowest BCUT2D eigenvalue weighted by Gasteiger charge is -2.29. The van der Waals surface area contributed by atoms with Crippen molar-refractivity contribution in [3.8, 4) is 0 Å². The number of imide groups is 1. The van der Waals surface area contributed by atoms with Gasteiger partial charge >= 0.3 is 0 Å². The molecule has 3 aliphatic heterocycles. The van der Waals surface area contributed by atoms with Gasteiger partial charge < -0.3 is 15.5 Å². The van der Waals surface area contributed by atoms with E-state index in [0.29, 0.717) is 25.1 Å². The van der Waals surface area contributed by atoms with Crippen molar-refractivity contribution in [2.45, 2.75) is 57.9 Å². The number of aromatic nitrogens is 1. The van der Waals surface area contributed by atoms with E-state index >= 15 is 0 Å². The number of carbonyl (C=O) groups excluding carboxylic acids is 3. The first kappa shape index (κ1) is 19.2. The first-order chi connectivity index (χ1) is 14.3. The summed E-state index contributed by atoms with van der Waals surface area (Å²) in [6.07, 6.45) is 0.633. The van der Waals surface area contributed by atoms with Gasteiger partial charge in [0.25, 0.3) is 5.91 Å². The lowest BCUT2D eigenvalue weighted by molar-refractivity contribution is -0.136. The molecule has 0 radical (unpaired) electrons. The lowest BCUT2D eigenvalue weighted by atomic mass is 10.0. The minimum atomic E-state index is -0.584. The number of amides is 3. The minimum absolute atomic E-state index is 0.106. The van der Waals surface area contributed by atoms with Crippen LogP contribution in [0.1, 0.15) is 58.7 Å². The maximum atomic E-state index is 12.9. The summed E-state index contributed by atoms with van der Waals surface area (Å²) in [4.78, 5) is 44.1. The van der Waals surface area contributed by atoms with E-state index in [2.05, 4.69) is 29.8 Å². The second-order valence-electron chi connectivity index (χ2n) is 8.51. The molecule has 1 aromatic heterocycles. The molecule has 1 fully saturated rings. The average molecular weight is 426 g/mol. The molecule has 0 spiro atoms. The predicted octanol–water partition coefficient (Wildman–Crippen LogP) is 1.85. The number of thiazole rings is 1. The van der Waals surface area contributed by atoms with E-state index in [1.807, 2.05) is 18.2 Å². The van der Waals surface area contributed by atoms with E-state index < -0.39 is 6.04 Å². The molecular formula is C21H23N5O3S. The molecule has 2 aromatic rings. The van der Waals surface area contributed by atoms with Crippen LogP contribution in [-0.4, -0.2) is 33.6 Å². The van der Waals surface area contributed by atoms with Crippen LogP contribution in [0, 0.1) is 0 Å². The molecule has 156 valence electrons. The number of carbonyl (C=O) groups is 3. The Labute approximate surface area is 178 Å². The van der Waals surface area contributed by atoms with Crippen LogP contribution in [0.5, 0.6) is 0 Å². The summed E-state index contributed by atoms with van der Waals surface area (Å²) in [5.74, 6) is -0.813. The predicted molar refractivity (Wildman–Crippen MR) is 112 cm³/mol. The largest absolute Gasteiger partial charge is 0.357 e. The highest BCUT2D eigenvalue weighted by Gasteiger charge is 2.39. The standard InChI is InChI=1S/C21H23N5O3S/c1-21(2)17-15(9-23-21)30-20(25-17)22-8-11-3-4-12-10-26(19(29)13(12)7-11)14-5-6-16(27)24-18(14)28/h3-4,7,14,23H,5-6,8-10H2,1-2H3,(H,22,25)(H,24,27,28). The number of piperidine rings is 1. The van der Waals surface area contributed by atoms with Crippen molar-refractivity contribution in [2.24, 2.45) is 0 Å². The maximum absolute atomic E-state index is 12.9. The first-order valence-electron chi connectivity index (χ1n) is 10.1. The molecule has 1 unspecified atom stereocenters. The van der Waals surface area contributed by atoms with E-state index in [1.54, 1.807) is 16.2 Å². The lowest BCUT2D eigenvalue weighted by Crippen LogP contribution is -2.52. The second-order valence-corrected chi connectivity index (χ2v) is 9.60. The summed E-state index contributed by atoms with van der Waals surface area (Å²) in [6, 6.07) is 5.26. The molecule has 30 heavy (non-hydrogen) atoms. The number of rotatable bonds is 4. The van der Waals surface area contributed by atoms with Crippen LogP contribution < -0.4 is 16.0 Å². The van der Waals surface area contributed by atoms with E-state index in [-0.39, 0.29) is 29.7 Å². The summed E-state index contributed by atoms with van der Waals surface area (Å²) in [5, 5.41) is 10.0. The van der Waals surface area contributed by atoms with Crippen LogP contribution in [0.25, 0.3) is 0 Å². The van der Waals surface area contributed by atoms with Crippen LogP contribution >= 0.6 is 11.3 Å². The Bertz CT molecular complexity index is 1080. The maximum Gasteiger partial charge on any atom is 0.255 e. The van der Waals surface area contributed by atoms with Crippen LogP contribution in [0.4, 0.5) is 5.13 Å². The Morgan fingerprint density at radius 3 is 2.90 bits per heavy atom. The van der Waals surface area contributed by atoms with Gasteiger partial charge in [-0.05, 0) is 37.5 Å². The number of fused-ring (bicyclic) bond motifs is 2. The van der Waals surface area contributed by atoms with E-state index in [0.717, 1.165) is 28.5 Å². The summed E-state index contributed by atoms with van der Waals surface area (Å²) in [7, 11) is 0. The summed E-state index contributed by atoms with van der Waals surface area (Å²) in [6.45, 7) is 6.06. The van der Waals surface area contributed by atoms with Gasteiger partial charge in [-0.25, -0.2) is 4.98 Å². The fraction of sp³-hybridized carbons (Fsp3) is 0.429. The van der Waals surface area contributed by atoms with Crippen LogP contribution in [0.3, 0.4) is 0 Å². The average Bonchev–Trinajstić information content (AvgIpc) is 3.34. The molecule has 1 atom stereocenters. The van der Waals surface area contributed by atoms with Crippen molar-refractivity contribution in [1.29, 1.82) is 0 Å². The topological polar surface area (TPSA) is 103 Å². The molecule has 5 rings (SSSR count). The first-order valence-corrected chi connectivity index (χ1v) is 10.9. The summed E-state index contributed by atoms with van der Waals surface area (Å²) < 4.78 is 0. The second kappa shape index (κ2) is 6.88. The summed E-state index contributed by atoms with van der Waals surface area (Å²) >= 11 is 1.66. The highest BCUT2D eigenvalue weighted by molar-refractivity contribution is 7.15. The highest BCUT2D eigenvalue weighted by atomic mass is 32.1. The van der Waals surface area contributed by atoms with Gasteiger partial charge in [0.1, 0.15) is 6.04 Å². The van der Waals surface area contributed by atoms with Gasteiger partial charge in [0.2, 0.25) is 11.8 Å². The van der Waals surface area contributed by atoms with E-state index in [9.17, 15) is 14.4 Å².